The van der Waals surface area contributed by atoms with Crippen LogP contribution < -0.4 is 10.1 Å². The van der Waals surface area contributed by atoms with Gasteiger partial charge in [0.2, 0.25) is 5.91 Å². The molecule has 0 saturated carbocycles. The molecule has 0 atom stereocenters. The summed E-state index contributed by atoms with van der Waals surface area (Å²) < 4.78 is 5.83. The Morgan fingerprint density at radius 3 is 2.80 bits per heavy atom. The van der Waals surface area contributed by atoms with Gasteiger partial charge in [-0.25, -0.2) is 4.98 Å². The van der Waals surface area contributed by atoms with Crippen molar-refractivity contribution in [1.82, 2.24) is 4.98 Å². The van der Waals surface area contributed by atoms with Crippen LogP contribution >= 0.6 is 11.3 Å². The summed E-state index contributed by atoms with van der Waals surface area (Å²) in [6.07, 6.45) is 5.97. The SMILES string of the molecule is Cc1ccc(C)c(OCCCC(=O)Nc2nc(-c3ccc4c(c3)CCCC4)cs2)c1. The summed E-state index contributed by atoms with van der Waals surface area (Å²) in [6, 6.07) is 12.8. The molecular formula is C25H28N2O2S. The van der Waals surface area contributed by atoms with Crippen molar-refractivity contribution in [2.45, 2.75) is 52.4 Å². The van der Waals surface area contributed by atoms with E-state index in [-0.39, 0.29) is 5.91 Å². The Bertz CT molecular complexity index is 1040. The van der Waals surface area contributed by atoms with Crippen molar-refractivity contribution in [3.8, 4) is 17.0 Å². The molecule has 0 aliphatic heterocycles. The third-order valence-electron chi connectivity index (χ3n) is 5.54. The Morgan fingerprint density at radius 1 is 1.10 bits per heavy atom. The van der Waals surface area contributed by atoms with E-state index in [1.165, 1.54) is 47.3 Å². The number of ether oxygens (including phenoxy) is 1. The molecule has 0 unspecified atom stereocenters. The number of anilines is 1. The van der Waals surface area contributed by atoms with E-state index >= 15 is 0 Å². The lowest BCUT2D eigenvalue weighted by Gasteiger charge is -2.16. The number of nitrogens with one attached hydrogen (secondary N) is 1. The minimum Gasteiger partial charge on any atom is -0.493 e. The number of thiazole rings is 1. The molecule has 4 nitrogen and oxygen atoms in total. The molecule has 1 amide bonds. The first-order chi connectivity index (χ1) is 14.6. The average Bonchev–Trinajstić information content (AvgIpc) is 3.21. The quantitative estimate of drug-likeness (QED) is 0.470. The summed E-state index contributed by atoms with van der Waals surface area (Å²) in [5, 5.41) is 5.60. The maximum absolute atomic E-state index is 12.3. The van der Waals surface area contributed by atoms with Crippen molar-refractivity contribution in [2.75, 3.05) is 11.9 Å². The van der Waals surface area contributed by atoms with E-state index in [0.717, 1.165) is 29.0 Å². The number of aryl methyl sites for hydroxylation is 4. The first kappa shape index (κ1) is 20.6. The molecule has 0 saturated heterocycles. The molecule has 0 radical (unpaired) electrons. The van der Waals surface area contributed by atoms with Crippen molar-refractivity contribution < 1.29 is 9.53 Å². The van der Waals surface area contributed by atoms with E-state index in [9.17, 15) is 4.79 Å². The topological polar surface area (TPSA) is 51.2 Å². The highest BCUT2D eigenvalue weighted by molar-refractivity contribution is 7.14. The van der Waals surface area contributed by atoms with Gasteiger partial charge >= 0.3 is 0 Å². The minimum absolute atomic E-state index is 0.0223. The Labute approximate surface area is 182 Å². The smallest absolute Gasteiger partial charge is 0.226 e. The standard InChI is InChI=1S/C25H28N2O2S/c1-17-9-10-18(2)23(14-17)29-13-5-8-24(28)27-25-26-22(16-30-25)21-12-11-19-6-3-4-7-20(19)15-21/h9-12,14-16H,3-8,13H2,1-2H3,(H,26,27,28). The summed E-state index contributed by atoms with van der Waals surface area (Å²) in [5.41, 5.74) is 7.27. The summed E-state index contributed by atoms with van der Waals surface area (Å²) in [6.45, 7) is 4.60. The molecule has 1 aliphatic carbocycles. The van der Waals surface area contributed by atoms with Crippen molar-refractivity contribution in [2.24, 2.45) is 0 Å². The van der Waals surface area contributed by atoms with Crippen molar-refractivity contribution in [1.29, 1.82) is 0 Å². The second kappa shape index (κ2) is 9.43. The van der Waals surface area contributed by atoms with Gasteiger partial charge in [-0.1, -0.05) is 24.3 Å². The fourth-order valence-electron chi connectivity index (χ4n) is 3.82. The van der Waals surface area contributed by atoms with Crippen LogP contribution in [0.2, 0.25) is 0 Å². The summed E-state index contributed by atoms with van der Waals surface area (Å²) in [5.74, 6) is 0.871. The first-order valence-electron chi connectivity index (χ1n) is 10.7. The second-order valence-electron chi connectivity index (χ2n) is 8.00. The Hall–Kier alpha value is -2.66. The maximum Gasteiger partial charge on any atom is 0.226 e. The number of hydrogen-bond donors (Lipinski definition) is 1. The number of aromatic nitrogens is 1. The lowest BCUT2D eigenvalue weighted by molar-refractivity contribution is -0.116. The number of rotatable bonds is 7. The van der Waals surface area contributed by atoms with Crippen LogP contribution in [-0.4, -0.2) is 17.5 Å². The fourth-order valence-corrected chi connectivity index (χ4v) is 4.55. The number of carbonyl (C=O) groups is 1. The van der Waals surface area contributed by atoms with Gasteiger partial charge in [0, 0.05) is 17.4 Å². The van der Waals surface area contributed by atoms with Crippen LogP contribution in [0.5, 0.6) is 5.75 Å². The number of amides is 1. The summed E-state index contributed by atoms with van der Waals surface area (Å²) in [7, 11) is 0. The molecule has 0 bridgehead atoms. The van der Waals surface area contributed by atoms with Gasteiger partial charge in [0.1, 0.15) is 5.75 Å². The number of nitrogens with zero attached hydrogens (tertiary/aromatic N) is 1. The van der Waals surface area contributed by atoms with Gasteiger partial charge in [-0.05, 0) is 80.3 Å². The van der Waals surface area contributed by atoms with Gasteiger partial charge in [0.15, 0.2) is 5.13 Å². The Kier molecular flexibility index (Phi) is 6.48. The van der Waals surface area contributed by atoms with Gasteiger partial charge in [0.25, 0.3) is 0 Å². The van der Waals surface area contributed by atoms with Gasteiger partial charge in [0.05, 0.1) is 12.3 Å². The number of fused-ring (bicyclic) bond motifs is 1. The highest BCUT2D eigenvalue weighted by atomic mass is 32.1. The molecule has 30 heavy (non-hydrogen) atoms. The lowest BCUT2D eigenvalue weighted by Crippen LogP contribution is -2.12. The highest BCUT2D eigenvalue weighted by Crippen LogP contribution is 2.29. The van der Waals surface area contributed by atoms with E-state index in [1.807, 2.05) is 25.3 Å². The molecule has 1 heterocycles. The zero-order valence-electron chi connectivity index (χ0n) is 17.7. The predicted octanol–water partition coefficient (Wildman–Crippen LogP) is 6.10. The van der Waals surface area contributed by atoms with Crippen LogP contribution in [0.15, 0.2) is 41.8 Å². The second-order valence-corrected chi connectivity index (χ2v) is 8.86. The molecule has 5 heteroatoms. The third-order valence-corrected chi connectivity index (χ3v) is 6.30. The lowest BCUT2D eigenvalue weighted by atomic mass is 9.90. The number of benzene rings is 2. The van der Waals surface area contributed by atoms with Crippen LogP contribution in [0.1, 0.15) is 47.9 Å². The zero-order chi connectivity index (χ0) is 20.9. The molecular weight excluding hydrogens is 392 g/mol. The molecule has 3 aromatic rings. The first-order valence-corrected chi connectivity index (χ1v) is 11.5. The van der Waals surface area contributed by atoms with Gasteiger partial charge < -0.3 is 10.1 Å². The average molecular weight is 421 g/mol. The number of carbonyl (C=O) groups excluding carboxylic acids is 1. The molecule has 1 aromatic heterocycles. The number of hydrogen-bond acceptors (Lipinski definition) is 4. The normalized spacial score (nSPS) is 13.0. The van der Waals surface area contributed by atoms with Crippen LogP contribution in [-0.2, 0) is 17.6 Å². The molecule has 0 fully saturated rings. The van der Waals surface area contributed by atoms with Gasteiger partial charge in [-0.3, -0.25) is 4.79 Å². The van der Waals surface area contributed by atoms with Crippen molar-refractivity contribution in [3.05, 3.63) is 64.0 Å². The summed E-state index contributed by atoms with van der Waals surface area (Å²) in [4.78, 5) is 16.9. The van der Waals surface area contributed by atoms with E-state index in [2.05, 4.69) is 40.6 Å². The van der Waals surface area contributed by atoms with Crippen LogP contribution in [0.3, 0.4) is 0 Å². The monoisotopic (exact) mass is 420 g/mol. The molecule has 0 spiro atoms. The summed E-state index contributed by atoms with van der Waals surface area (Å²) >= 11 is 1.48. The predicted molar refractivity (Wildman–Crippen MR) is 123 cm³/mol. The molecule has 4 rings (SSSR count). The van der Waals surface area contributed by atoms with Crippen LogP contribution in [0.25, 0.3) is 11.3 Å². The van der Waals surface area contributed by atoms with E-state index < -0.39 is 0 Å². The van der Waals surface area contributed by atoms with Gasteiger partial charge in [-0.15, -0.1) is 11.3 Å². The largest absolute Gasteiger partial charge is 0.493 e. The highest BCUT2D eigenvalue weighted by Gasteiger charge is 2.13. The zero-order valence-corrected chi connectivity index (χ0v) is 18.5. The van der Waals surface area contributed by atoms with E-state index in [1.54, 1.807) is 0 Å². The molecule has 1 N–H and O–H groups in total. The molecule has 156 valence electrons. The van der Waals surface area contributed by atoms with Crippen molar-refractivity contribution >= 4 is 22.4 Å². The third kappa shape index (κ3) is 5.08. The Morgan fingerprint density at radius 2 is 1.93 bits per heavy atom. The molecule has 1 aliphatic rings. The van der Waals surface area contributed by atoms with Crippen molar-refractivity contribution in [3.63, 3.8) is 0 Å². The maximum atomic E-state index is 12.3. The Balaban J connectivity index is 1.27. The van der Waals surface area contributed by atoms with Crippen LogP contribution in [0.4, 0.5) is 5.13 Å². The minimum atomic E-state index is -0.0223. The van der Waals surface area contributed by atoms with Gasteiger partial charge in [-0.2, -0.15) is 0 Å². The van der Waals surface area contributed by atoms with E-state index in [0.29, 0.717) is 24.6 Å². The van der Waals surface area contributed by atoms with Crippen LogP contribution in [0, 0.1) is 13.8 Å². The fraction of sp³-hybridized carbons (Fsp3) is 0.360. The van der Waals surface area contributed by atoms with E-state index in [4.69, 9.17) is 4.74 Å². The molecule has 2 aromatic carbocycles.